The predicted octanol–water partition coefficient (Wildman–Crippen LogP) is 13.6. The van der Waals surface area contributed by atoms with Crippen molar-refractivity contribution in [3.63, 3.8) is 0 Å². The molecule has 111 heavy (non-hydrogen) atoms. The smallest absolute Gasteiger partial charge is 0.331 e. The monoisotopic (exact) mass is 1680 g/mol. The molecule has 7 aromatic carbocycles. The molecule has 0 spiro atoms. The minimum atomic E-state index is -0.599. The molecule has 6 N–H and O–H groups in total. The van der Waals surface area contributed by atoms with Gasteiger partial charge >= 0.3 is 30.2 Å². The molecule has 5 fully saturated rings. The number of aliphatic hydroxyl groups excluding tert-OH is 1. The van der Waals surface area contributed by atoms with Crippen LogP contribution in [-0.4, -0.2) is 189 Å². The third-order valence-corrected chi connectivity index (χ3v) is 18.0. The summed E-state index contributed by atoms with van der Waals surface area (Å²) in [5.74, 6) is -4.97. The molecule has 14 amide bonds. The Morgan fingerprint density at radius 3 is 1.19 bits per heavy atom. The summed E-state index contributed by atoms with van der Waals surface area (Å²) in [7, 11) is 1.43. The molecule has 28 nitrogen and oxygen atoms in total. The van der Waals surface area contributed by atoms with Gasteiger partial charge in [-0.1, -0.05) is 74.7 Å². The van der Waals surface area contributed by atoms with Gasteiger partial charge in [0, 0.05) is 123 Å². The number of imide groups is 4. The number of azide groups is 1. The number of halogens is 13. The lowest BCUT2D eigenvalue weighted by Gasteiger charge is -2.18. The minimum absolute atomic E-state index is 0.0298. The Labute approximate surface area is 663 Å². The SMILES string of the molecule is COc1cc(C(=O)CCC(=O)N2CCN(c3ccc(F)c(Cl)c3)C2=O)ccc1OCCO.NCC(=O)N1CCN(c2ccc(F)c(Cl)c2)C1=O.Nc1ccc(F)c(Cl)c1.O=C(CCl)N1CCN(c2ccc(F)c(Cl)c2)C1=O.O=C1NCCN1c1ccc(F)c(Cl)c1.[N-]=[N+]=NCC(=O)N1CCN(c2ccc(F)c(Cl)c2)C1=O. The number of rotatable bonds is 17. The first-order valence-electron chi connectivity index (χ1n) is 32.6. The molecule has 5 aliphatic rings. The predicted molar refractivity (Wildman–Crippen MR) is 404 cm³/mol. The van der Waals surface area contributed by atoms with Crippen molar-refractivity contribution >= 4 is 175 Å². The van der Waals surface area contributed by atoms with Crippen LogP contribution in [0.3, 0.4) is 0 Å². The second-order valence-electron chi connectivity index (χ2n) is 23.1. The van der Waals surface area contributed by atoms with Crippen LogP contribution in [0.15, 0.2) is 133 Å². The van der Waals surface area contributed by atoms with Crippen LogP contribution in [0, 0.1) is 34.9 Å². The number of anilines is 6. The molecule has 41 heteroatoms. The van der Waals surface area contributed by atoms with E-state index in [2.05, 4.69) is 15.3 Å². The average Bonchev–Trinajstić information content (AvgIpc) is 1.69. The Balaban J connectivity index is 0.000000192. The minimum Gasteiger partial charge on any atom is -0.493 e. The molecular weight excluding hydrogens is 1620 g/mol. The number of aliphatic hydroxyl groups is 1. The summed E-state index contributed by atoms with van der Waals surface area (Å²) in [4.78, 5) is 133. The number of nitrogens with two attached hydrogens (primary N) is 2. The van der Waals surface area contributed by atoms with Crippen LogP contribution in [0.25, 0.3) is 10.4 Å². The van der Waals surface area contributed by atoms with Gasteiger partial charge in [0.05, 0.1) is 50.4 Å². The number of hydrogen-bond acceptors (Lipinski definition) is 16. The van der Waals surface area contributed by atoms with E-state index in [0.717, 1.165) is 31.7 Å². The Kier molecular flexibility index (Phi) is 32.8. The van der Waals surface area contributed by atoms with Crippen LogP contribution in [0.2, 0.25) is 30.1 Å². The van der Waals surface area contributed by atoms with Crippen molar-refractivity contribution in [2.24, 2.45) is 10.8 Å². The van der Waals surface area contributed by atoms with Crippen LogP contribution < -0.4 is 50.8 Å². The van der Waals surface area contributed by atoms with E-state index in [0.29, 0.717) is 77.4 Å². The first-order valence-corrected chi connectivity index (χ1v) is 35.4. The van der Waals surface area contributed by atoms with Crippen molar-refractivity contribution in [1.82, 2.24) is 24.9 Å². The summed E-state index contributed by atoms with van der Waals surface area (Å²) in [6.45, 7) is 2.53. The van der Waals surface area contributed by atoms with Gasteiger partial charge in [0.25, 0.3) is 0 Å². The van der Waals surface area contributed by atoms with Crippen LogP contribution in [-0.2, 0) is 19.2 Å². The molecule has 5 aliphatic heterocycles. The van der Waals surface area contributed by atoms with Crippen molar-refractivity contribution in [3.8, 4) is 11.5 Å². The molecule has 0 atom stereocenters. The number of urea groups is 5. The van der Waals surface area contributed by atoms with Crippen molar-refractivity contribution in [2.45, 2.75) is 12.8 Å². The lowest BCUT2D eigenvalue weighted by Crippen LogP contribution is -2.39. The number of Topliss-reactive ketones (excluding diaryl/α,β-unsaturated/α-hetero) is 1. The molecule has 0 saturated carbocycles. The Morgan fingerprint density at radius 1 is 0.486 bits per heavy atom. The van der Waals surface area contributed by atoms with E-state index in [1.165, 1.54) is 135 Å². The molecule has 5 saturated heterocycles. The van der Waals surface area contributed by atoms with E-state index >= 15 is 0 Å². The maximum absolute atomic E-state index is 13.4. The van der Waals surface area contributed by atoms with Gasteiger partial charge in [0.2, 0.25) is 23.6 Å². The second kappa shape index (κ2) is 41.5. The van der Waals surface area contributed by atoms with Crippen LogP contribution in [0.5, 0.6) is 11.5 Å². The average molecular weight is 1690 g/mol. The standard InChI is InChI=1S/C22H22ClFN2O6.C11H9Cl2FN2O2.C11H9ClFN5O2.C11H11ClFN3O2.C9H8ClFN2O.C6H5ClFN/c1-31-20-12-14(2-6-19(20)32-11-10-27)18(28)5-7-21(29)26-9-8-25(22(26)30)15-3-4-17(24)16(23)13-15;12-6-10(17)16-4-3-15(11(16)18)7-1-2-9(14)8(13)5-7;12-8-5-7(1-2-9(8)13)17-3-4-18(11(17)20)10(19)6-15-16-14;12-8-5-7(1-2-9(8)13)15-3-4-16(11(15)18)10(17)6-14;10-7-5-6(1-2-8(7)11)13-4-3-12-9(13)14;7-5-3-4(9)1-2-6(5)8/h2-4,6,12-13,27H,5,7-11H2,1H3;1-2,5H,3-4,6H2;1-2,5H,3-4,6H2;1-2,5H,3-4,6,14H2;1-2,5H,3-4H2,(H,12,14);1-3H,9H2. The molecule has 5 heterocycles. The van der Waals surface area contributed by atoms with E-state index in [-0.39, 0.29) is 120 Å². The van der Waals surface area contributed by atoms with Gasteiger partial charge in [0.1, 0.15) is 53.9 Å². The molecular formula is C70H64Cl7F6N15O13. The van der Waals surface area contributed by atoms with E-state index < -0.39 is 89.2 Å². The summed E-state index contributed by atoms with van der Waals surface area (Å²) < 4.78 is 88.2. The first-order chi connectivity index (χ1) is 52.9. The van der Waals surface area contributed by atoms with Gasteiger partial charge < -0.3 is 31.4 Å². The number of carbonyl (C=O) groups excluding carboxylic acids is 10. The maximum Gasteiger partial charge on any atom is 0.331 e. The summed E-state index contributed by atoms with van der Waals surface area (Å²) in [6.07, 6.45) is -0.237. The molecule has 0 aliphatic carbocycles. The molecule has 588 valence electrons. The topological polar surface area (TPSA) is 351 Å². The molecule has 12 rings (SSSR count). The molecule has 0 aromatic heterocycles. The third kappa shape index (κ3) is 23.3. The van der Waals surface area contributed by atoms with E-state index in [4.69, 9.17) is 113 Å². The summed E-state index contributed by atoms with van der Waals surface area (Å²) >= 11 is 39.1. The number of nitrogens with one attached hydrogen (secondary N) is 1. The number of ketones is 1. The van der Waals surface area contributed by atoms with Crippen molar-refractivity contribution in [1.29, 1.82) is 0 Å². The van der Waals surface area contributed by atoms with Gasteiger partial charge in [-0.2, -0.15) is 0 Å². The quantitative estimate of drug-likeness (QED) is 0.0125. The van der Waals surface area contributed by atoms with E-state index in [1.807, 2.05) is 0 Å². The molecule has 0 unspecified atom stereocenters. The Hall–Kier alpha value is -10.5. The number of amides is 14. The van der Waals surface area contributed by atoms with Crippen molar-refractivity contribution < 1.29 is 88.9 Å². The van der Waals surface area contributed by atoms with Crippen LogP contribution in [0.1, 0.15) is 23.2 Å². The largest absolute Gasteiger partial charge is 0.493 e. The maximum atomic E-state index is 13.4. The number of methoxy groups -OCH3 is 1. The van der Waals surface area contributed by atoms with E-state index in [1.54, 1.807) is 12.1 Å². The fraction of sp³-hybridized carbons (Fsp3) is 0.257. The zero-order chi connectivity index (χ0) is 81.5. The van der Waals surface area contributed by atoms with Gasteiger partial charge in [0.15, 0.2) is 17.3 Å². The molecule has 7 aromatic rings. The highest BCUT2D eigenvalue weighted by atomic mass is 35.5. The van der Waals surface area contributed by atoms with E-state index in [9.17, 15) is 74.3 Å². The highest BCUT2D eigenvalue weighted by Gasteiger charge is 2.38. The highest BCUT2D eigenvalue weighted by molar-refractivity contribution is 6.33. The number of hydrogen-bond donors (Lipinski definition) is 4. The summed E-state index contributed by atoms with van der Waals surface area (Å²) in [5.41, 5.74) is 21.8. The van der Waals surface area contributed by atoms with Gasteiger partial charge in [-0.15, -0.1) is 11.6 Å². The fourth-order valence-corrected chi connectivity index (χ4v) is 11.7. The summed E-state index contributed by atoms with van der Waals surface area (Å²) in [5, 5.41) is 14.4. The van der Waals surface area contributed by atoms with Crippen LogP contribution in [0.4, 0.5) is 84.4 Å². The van der Waals surface area contributed by atoms with Crippen molar-refractivity contribution in [2.75, 3.05) is 135 Å². The normalized spacial score (nSPS) is 14.2. The Morgan fingerprint density at radius 2 is 0.856 bits per heavy atom. The number of nitrogen functional groups attached to an aromatic ring is 1. The van der Waals surface area contributed by atoms with Crippen molar-refractivity contribution in [3.05, 3.63) is 208 Å². The highest BCUT2D eigenvalue weighted by Crippen LogP contribution is 2.33. The van der Waals surface area contributed by atoms with Gasteiger partial charge in [-0.05, 0) is 133 Å². The number of ether oxygens (including phenoxy) is 2. The lowest BCUT2D eigenvalue weighted by atomic mass is 10.1. The van der Waals surface area contributed by atoms with Crippen LogP contribution >= 0.6 is 81.2 Å². The lowest BCUT2D eigenvalue weighted by molar-refractivity contribution is -0.128. The zero-order valence-electron chi connectivity index (χ0n) is 57.9. The number of nitrogens with zero attached hydrogens (tertiary/aromatic N) is 12. The summed E-state index contributed by atoms with van der Waals surface area (Å²) in [6, 6.07) is 26.4. The van der Waals surface area contributed by atoms with Gasteiger partial charge in [-0.3, -0.25) is 68.1 Å². The Bertz CT molecular complexity index is 4630. The first kappa shape index (κ1) is 87.7. The zero-order valence-corrected chi connectivity index (χ0v) is 63.2. The third-order valence-electron chi connectivity index (χ3n) is 16.1. The molecule has 0 bridgehead atoms. The second-order valence-corrected chi connectivity index (χ2v) is 25.8. The number of alkyl halides is 1. The number of benzene rings is 7. The molecule has 0 radical (unpaired) electrons. The van der Waals surface area contributed by atoms with Gasteiger partial charge in [-0.25, -0.2) is 50.3 Å². The fourth-order valence-electron chi connectivity index (χ4n) is 10.5. The number of carbonyl (C=O) groups is 10.